The minimum absolute atomic E-state index is 0.123. The molecule has 7 nitrogen and oxygen atoms in total. The average molecular weight is 355 g/mol. The van der Waals surface area contributed by atoms with Crippen molar-refractivity contribution in [3.8, 4) is 11.5 Å². The van der Waals surface area contributed by atoms with Gasteiger partial charge in [0, 0.05) is 36.6 Å². The van der Waals surface area contributed by atoms with Crippen LogP contribution in [0.2, 0.25) is 0 Å². The van der Waals surface area contributed by atoms with Crippen LogP contribution in [0.3, 0.4) is 0 Å². The molecule has 1 amide bonds. The van der Waals surface area contributed by atoms with Crippen molar-refractivity contribution < 1.29 is 14.3 Å². The van der Waals surface area contributed by atoms with E-state index in [0.29, 0.717) is 13.1 Å². The number of anilines is 1. The number of likely N-dealkylation sites (tertiary alicyclic amines) is 1. The van der Waals surface area contributed by atoms with Gasteiger partial charge in [-0.25, -0.2) is 0 Å². The highest BCUT2D eigenvalue weighted by Crippen LogP contribution is 2.34. The van der Waals surface area contributed by atoms with Crippen LogP contribution in [-0.2, 0) is 0 Å². The van der Waals surface area contributed by atoms with Gasteiger partial charge >= 0.3 is 0 Å². The number of hydrogen-bond acceptors (Lipinski definition) is 5. The summed E-state index contributed by atoms with van der Waals surface area (Å²) in [7, 11) is 0. The van der Waals surface area contributed by atoms with E-state index in [2.05, 4.69) is 10.3 Å². The number of benzene rings is 1. The predicted octanol–water partition coefficient (Wildman–Crippen LogP) is 2.13. The second-order valence-electron chi connectivity index (χ2n) is 6.69. The van der Waals surface area contributed by atoms with Crippen LogP contribution in [-0.4, -0.2) is 41.7 Å². The molecule has 2 aliphatic rings. The van der Waals surface area contributed by atoms with Gasteiger partial charge in [0.2, 0.25) is 6.79 Å². The first-order chi connectivity index (χ1) is 12.6. The first-order valence-corrected chi connectivity index (χ1v) is 8.75. The zero-order chi connectivity index (χ0) is 18.1. The second kappa shape index (κ2) is 6.74. The first kappa shape index (κ1) is 16.5. The van der Waals surface area contributed by atoms with Crippen molar-refractivity contribution in [1.29, 1.82) is 0 Å². The highest BCUT2D eigenvalue weighted by atomic mass is 16.7. The molecular weight excluding hydrogens is 334 g/mol. The van der Waals surface area contributed by atoms with E-state index >= 15 is 0 Å². The number of H-pyrrole nitrogens is 1. The van der Waals surface area contributed by atoms with Crippen LogP contribution in [0.25, 0.3) is 0 Å². The van der Waals surface area contributed by atoms with Gasteiger partial charge in [-0.2, -0.15) is 0 Å². The summed E-state index contributed by atoms with van der Waals surface area (Å²) in [5.74, 6) is 1.25. The maximum absolute atomic E-state index is 12.7. The molecule has 1 atom stereocenters. The Morgan fingerprint density at radius 1 is 1.23 bits per heavy atom. The highest BCUT2D eigenvalue weighted by molar-refractivity contribution is 5.94. The van der Waals surface area contributed by atoms with Crippen molar-refractivity contribution in [1.82, 2.24) is 9.88 Å². The van der Waals surface area contributed by atoms with Crippen LogP contribution in [0.4, 0.5) is 5.69 Å². The maximum Gasteiger partial charge on any atom is 0.260 e. The minimum atomic E-state index is -0.333. The maximum atomic E-state index is 12.7. The Bertz CT molecular complexity index is 893. The molecule has 0 saturated carbocycles. The molecule has 26 heavy (non-hydrogen) atoms. The number of nitrogens with one attached hydrogen (secondary N) is 2. The number of ether oxygens (including phenoxy) is 2. The number of amides is 1. The zero-order valence-electron chi connectivity index (χ0n) is 14.6. The Balaban J connectivity index is 1.45. The van der Waals surface area contributed by atoms with Crippen molar-refractivity contribution in [2.24, 2.45) is 0 Å². The fourth-order valence-electron chi connectivity index (χ4n) is 3.41. The fourth-order valence-corrected chi connectivity index (χ4v) is 3.41. The van der Waals surface area contributed by atoms with Crippen molar-refractivity contribution in [2.45, 2.75) is 25.8 Å². The molecule has 4 rings (SSSR count). The van der Waals surface area contributed by atoms with Gasteiger partial charge in [-0.05, 0) is 44.0 Å². The lowest BCUT2D eigenvalue weighted by molar-refractivity contribution is 0.0713. The SMILES string of the molecule is Cc1ccc(C(=O)N2CCC[C@H](Nc3ccc4c(c3)OCO4)C2)c(=O)[nH]1. The van der Waals surface area contributed by atoms with Gasteiger partial charge < -0.3 is 24.7 Å². The number of aryl methyl sites for hydroxylation is 1. The van der Waals surface area contributed by atoms with E-state index in [0.717, 1.165) is 35.7 Å². The van der Waals surface area contributed by atoms with E-state index in [1.165, 1.54) is 0 Å². The number of piperidine rings is 1. The molecule has 7 heteroatoms. The number of fused-ring (bicyclic) bond motifs is 1. The molecule has 2 aromatic rings. The van der Waals surface area contributed by atoms with Crippen LogP contribution in [0.5, 0.6) is 11.5 Å². The minimum Gasteiger partial charge on any atom is -0.454 e. The van der Waals surface area contributed by atoms with Gasteiger partial charge in [-0.15, -0.1) is 0 Å². The monoisotopic (exact) mass is 355 g/mol. The number of hydrogen-bond donors (Lipinski definition) is 2. The third kappa shape index (κ3) is 3.24. The molecule has 1 aromatic carbocycles. The lowest BCUT2D eigenvalue weighted by Gasteiger charge is -2.33. The molecule has 1 fully saturated rings. The normalized spacial score (nSPS) is 18.7. The van der Waals surface area contributed by atoms with Gasteiger partial charge in [0.05, 0.1) is 0 Å². The van der Waals surface area contributed by atoms with E-state index in [1.54, 1.807) is 24.0 Å². The van der Waals surface area contributed by atoms with E-state index in [4.69, 9.17) is 9.47 Å². The number of rotatable bonds is 3. The molecule has 136 valence electrons. The summed E-state index contributed by atoms with van der Waals surface area (Å²) in [6, 6.07) is 9.21. The lowest BCUT2D eigenvalue weighted by Crippen LogP contribution is -2.46. The van der Waals surface area contributed by atoms with E-state index in [-0.39, 0.29) is 29.9 Å². The molecule has 0 unspecified atom stereocenters. The lowest BCUT2D eigenvalue weighted by atomic mass is 10.0. The Labute approximate surface area is 150 Å². The van der Waals surface area contributed by atoms with Crippen LogP contribution in [0.1, 0.15) is 28.9 Å². The van der Waals surface area contributed by atoms with Crippen molar-refractivity contribution in [3.63, 3.8) is 0 Å². The van der Waals surface area contributed by atoms with Gasteiger partial charge in [0.25, 0.3) is 11.5 Å². The number of aromatic nitrogens is 1. The Morgan fingerprint density at radius 3 is 2.92 bits per heavy atom. The zero-order valence-corrected chi connectivity index (χ0v) is 14.6. The molecule has 2 aliphatic heterocycles. The topological polar surface area (TPSA) is 83.7 Å². The van der Waals surface area contributed by atoms with Gasteiger partial charge in [0.15, 0.2) is 11.5 Å². The quantitative estimate of drug-likeness (QED) is 0.881. The van der Waals surface area contributed by atoms with E-state index in [9.17, 15) is 9.59 Å². The number of aromatic amines is 1. The van der Waals surface area contributed by atoms with Gasteiger partial charge in [-0.3, -0.25) is 9.59 Å². The molecule has 0 bridgehead atoms. The van der Waals surface area contributed by atoms with E-state index in [1.807, 2.05) is 18.2 Å². The third-order valence-corrected chi connectivity index (χ3v) is 4.74. The van der Waals surface area contributed by atoms with Crippen molar-refractivity contribution in [2.75, 3.05) is 25.2 Å². The number of nitrogens with zero attached hydrogens (tertiary/aromatic N) is 1. The molecule has 1 saturated heterocycles. The number of pyridine rings is 1. The smallest absolute Gasteiger partial charge is 0.260 e. The predicted molar refractivity (Wildman–Crippen MR) is 96.9 cm³/mol. The van der Waals surface area contributed by atoms with Gasteiger partial charge in [0.1, 0.15) is 5.56 Å². The molecule has 0 spiro atoms. The number of carbonyl (C=O) groups excluding carboxylic acids is 1. The van der Waals surface area contributed by atoms with Crippen LogP contribution in [0.15, 0.2) is 35.1 Å². The van der Waals surface area contributed by atoms with Crippen molar-refractivity contribution in [3.05, 3.63) is 51.9 Å². The highest BCUT2D eigenvalue weighted by Gasteiger charge is 2.26. The molecule has 0 aliphatic carbocycles. The summed E-state index contributed by atoms with van der Waals surface area (Å²) in [6.45, 7) is 3.25. The molecule has 3 heterocycles. The summed E-state index contributed by atoms with van der Waals surface area (Å²) in [6.07, 6.45) is 1.85. The average Bonchev–Trinajstić information content (AvgIpc) is 3.09. The van der Waals surface area contributed by atoms with Crippen LogP contribution < -0.4 is 20.3 Å². The molecule has 2 N–H and O–H groups in total. The first-order valence-electron chi connectivity index (χ1n) is 8.75. The van der Waals surface area contributed by atoms with Gasteiger partial charge in [-0.1, -0.05) is 0 Å². The molecule has 1 aromatic heterocycles. The van der Waals surface area contributed by atoms with Crippen LogP contribution >= 0.6 is 0 Å². The summed E-state index contributed by atoms with van der Waals surface area (Å²) in [4.78, 5) is 29.2. The summed E-state index contributed by atoms with van der Waals surface area (Å²) >= 11 is 0. The Hall–Kier alpha value is -2.96. The summed E-state index contributed by atoms with van der Waals surface area (Å²) in [5.41, 5.74) is 1.54. The summed E-state index contributed by atoms with van der Waals surface area (Å²) in [5, 5.41) is 3.46. The molecular formula is C19H21N3O4. The third-order valence-electron chi connectivity index (χ3n) is 4.74. The fraction of sp³-hybridized carbons (Fsp3) is 0.368. The van der Waals surface area contributed by atoms with Crippen molar-refractivity contribution >= 4 is 11.6 Å². The van der Waals surface area contributed by atoms with Crippen LogP contribution in [0, 0.1) is 6.92 Å². The summed E-state index contributed by atoms with van der Waals surface area (Å²) < 4.78 is 10.7. The largest absolute Gasteiger partial charge is 0.454 e. The standard InChI is InChI=1S/C19H21N3O4/c1-12-4-6-15(18(23)20-12)19(24)22-8-2-3-14(10-22)21-13-5-7-16-17(9-13)26-11-25-16/h4-7,9,14,21H,2-3,8,10-11H2,1H3,(H,20,23)/t14-/m0/s1. The second-order valence-corrected chi connectivity index (χ2v) is 6.69. The Morgan fingerprint density at radius 2 is 2.08 bits per heavy atom. The number of carbonyl (C=O) groups is 1. The Kier molecular flexibility index (Phi) is 4.28. The molecule has 0 radical (unpaired) electrons. The van der Waals surface area contributed by atoms with E-state index < -0.39 is 0 Å².